The molecule has 25 N–H and O–H groups in total. The molecule has 2 aliphatic heterocycles. The summed E-state index contributed by atoms with van der Waals surface area (Å²) < 4.78 is 0. The zero-order valence-corrected chi connectivity index (χ0v) is 75.1. The van der Waals surface area contributed by atoms with E-state index < -0.39 is 155 Å². The van der Waals surface area contributed by atoms with Crippen molar-refractivity contribution in [3.8, 4) is 0 Å². The number of hydrogen-bond acceptors (Lipinski definition) is 18. The number of fused-ring (bicyclic) bond motifs is 3. The molecule has 700 valence electrons. The van der Waals surface area contributed by atoms with Gasteiger partial charge in [-0.25, -0.2) is 0 Å². The fraction of sp³-hybridized carbons (Fsp3) is 0.490. The smallest absolute Gasteiger partial charge is 0.246 e. The van der Waals surface area contributed by atoms with E-state index in [0.717, 1.165) is 32.7 Å². The monoisotopic (exact) mass is 1790 g/mol. The predicted octanol–water partition coefficient (Wildman–Crippen LogP) is 3.50. The molecule has 0 bridgehead atoms. The zero-order valence-electron chi connectivity index (χ0n) is 75.1. The highest BCUT2D eigenvalue weighted by Crippen LogP contribution is 2.28. The van der Waals surface area contributed by atoms with Gasteiger partial charge in [0.05, 0.1) is 6.04 Å². The van der Waals surface area contributed by atoms with Gasteiger partial charge in [0.15, 0.2) is 0 Å². The zero-order chi connectivity index (χ0) is 93.3. The highest BCUT2D eigenvalue weighted by molar-refractivity contribution is 6.02. The molecule has 5 aromatic carbocycles. The SMILES string of the molecule is CC(C)C[C@H](NC(=O)[C@H](Cc1ccccc1)NC(=O)[C@@H]1CCCN1C(=O)[C@H](Cc1c[nH]c2ccccc12)NC(=O)[C@H](Cc1c[nH]c2ccccc12)NC(=O)[C@H](Cc1c[nH]c2ccccc12)NC(=O)[C@@H]1CCCN1C(=O)[C@H](Cc1ccccc1)NC(=O)[C@H](CCCCN)NC(=O)[C@H](CCCCN)NC(=O)[C@@H](N)C(C)C)C(=O)N[C@@H](CCCCN)C(=O)N[C@@H](CCCCN)C(N)=O. The third kappa shape index (κ3) is 28.3. The number of aromatic amines is 3. The number of rotatable bonds is 52. The van der Waals surface area contributed by atoms with E-state index in [1.807, 2.05) is 86.6 Å². The van der Waals surface area contributed by atoms with Crippen molar-refractivity contribution in [3.63, 3.8) is 0 Å². The van der Waals surface area contributed by atoms with Crippen molar-refractivity contribution in [2.75, 3.05) is 39.3 Å². The molecule has 130 heavy (non-hydrogen) atoms. The van der Waals surface area contributed by atoms with Crippen LogP contribution in [0.1, 0.15) is 165 Å². The quantitative estimate of drug-likeness (QED) is 0.0243. The van der Waals surface area contributed by atoms with E-state index in [4.69, 9.17) is 34.4 Å². The average Bonchev–Trinajstić information content (AvgIpc) is 1.67. The van der Waals surface area contributed by atoms with Crippen molar-refractivity contribution >= 4 is 110 Å². The average molecular weight is 1790 g/mol. The molecule has 34 nitrogen and oxygen atoms in total. The molecular formula is C96H133N21O13. The van der Waals surface area contributed by atoms with Crippen molar-refractivity contribution in [3.05, 3.63) is 180 Å². The summed E-state index contributed by atoms with van der Waals surface area (Å²) in [6, 6.07) is 23.9. The number of primary amides is 1. The second-order valence-electron chi connectivity index (χ2n) is 35.0. The molecule has 2 fully saturated rings. The Labute approximate surface area is 758 Å². The van der Waals surface area contributed by atoms with Crippen LogP contribution >= 0.6 is 0 Å². The fourth-order valence-electron chi connectivity index (χ4n) is 17.1. The molecule has 8 aromatic rings. The number of benzene rings is 5. The summed E-state index contributed by atoms with van der Waals surface area (Å²) in [4.78, 5) is 206. The van der Waals surface area contributed by atoms with E-state index in [-0.39, 0.29) is 109 Å². The van der Waals surface area contributed by atoms with Crippen LogP contribution in [0.2, 0.25) is 0 Å². The number of amides is 13. The van der Waals surface area contributed by atoms with Crippen molar-refractivity contribution in [2.45, 2.75) is 247 Å². The highest BCUT2D eigenvalue weighted by Gasteiger charge is 2.44. The molecule has 0 aliphatic carbocycles. The van der Waals surface area contributed by atoms with Gasteiger partial charge in [-0.05, 0) is 193 Å². The molecular weight excluding hydrogens is 1660 g/mol. The Kier molecular flexibility index (Phi) is 38.4. The van der Waals surface area contributed by atoms with E-state index in [2.05, 4.69) is 68.1 Å². The van der Waals surface area contributed by atoms with E-state index in [0.29, 0.717) is 112 Å². The van der Waals surface area contributed by atoms with Gasteiger partial charge in [-0.3, -0.25) is 62.3 Å². The molecule has 0 radical (unpaired) electrons. The Morgan fingerprint density at radius 3 is 1.02 bits per heavy atom. The lowest BCUT2D eigenvalue weighted by Crippen LogP contribution is -2.61. The molecule has 3 aromatic heterocycles. The number of nitrogens with two attached hydrogens (primary N) is 6. The number of aromatic nitrogens is 3. The van der Waals surface area contributed by atoms with Crippen LogP contribution in [-0.4, -0.2) is 219 Å². The molecule has 5 heterocycles. The maximum atomic E-state index is 16.1. The van der Waals surface area contributed by atoms with Crippen molar-refractivity contribution < 1.29 is 62.3 Å². The maximum absolute atomic E-state index is 16.1. The van der Waals surface area contributed by atoms with Gasteiger partial charge in [-0.2, -0.15) is 0 Å². The van der Waals surface area contributed by atoms with Gasteiger partial charge in [0.25, 0.3) is 0 Å². The van der Waals surface area contributed by atoms with Crippen LogP contribution in [0.4, 0.5) is 0 Å². The number of carbonyl (C=O) groups is 13. The van der Waals surface area contributed by atoms with Crippen molar-refractivity contribution in [1.29, 1.82) is 0 Å². The summed E-state index contributed by atoms with van der Waals surface area (Å²) >= 11 is 0. The second kappa shape index (κ2) is 50.0. The minimum absolute atomic E-state index is 0.0390. The van der Waals surface area contributed by atoms with E-state index in [1.165, 1.54) is 9.80 Å². The molecule has 2 saturated heterocycles. The predicted molar refractivity (Wildman–Crippen MR) is 498 cm³/mol. The van der Waals surface area contributed by atoms with Crippen LogP contribution in [0.5, 0.6) is 0 Å². The normalized spacial score (nSPS) is 16.4. The number of hydrogen-bond donors (Lipinski definition) is 19. The number of para-hydroxylation sites is 3. The van der Waals surface area contributed by atoms with E-state index in [9.17, 15) is 28.8 Å². The Morgan fingerprint density at radius 2 is 0.638 bits per heavy atom. The largest absolute Gasteiger partial charge is 0.368 e. The fourth-order valence-corrected chi connectivity index (χ4v) is 17.1. The lowest BCUT2D eigenvalue weighted by molar-refractivity contribution is -0.143. The van der Waals surface area contributed by atoms with Gasteiger partial charge >= 0.3 is 0 Å². The first-order valence-electron chi connectivity index (χ1n) is 45.9. The minimum atomic E-state index is -1.51. The maximum Gasteiger partial charge on any atom is 0.246 e. The van der Waals surface area contributed by atoms with Crippen LogP contribution in [0.25, 0.3) is 32.7 Å². The molecule has 34 heteroatoms. The third-order valence-electron chi connectivity index (χ3n) is 24.4. The van der Waals surface area contributed by atoms with Gasteiger partial charge < -0.3 is 112 Å². The minimum Gasteiger partial charge on any atom is -0.368 e. The number of carbonyl (C=O) groups excluding carboxylic acids is 13. The molecule has 0 saturated carbocycles. The van der Waals surface area contributed by atoms with Gasteiger partial charge in [-0.1, -0.05) is 143 Å². The van der Waals surface area contributed by atoms with Crippen LogP contribution in [0.3, 0.4) is 0 Å². The number of nitrogens with zero attached hydrogens (tertiary/aromatic N) is 2. The Bertz CT molecular complexity index is 5110. The summed E-state index contributed by atoms with van der Waals surface area (Å²) in [5.74, 6) is -9.51. The number of unbranched alkanes of at least 4 members (excludes halogenated alkanes) is 4. The van der Waals surface area contributed by atoms with E-state index >= 15 is 33.6 Å². The van der Waals surface area contributed by atoms with Gasteiger partial charge in [0, 0.05) is 96.5 Å². The van der Waals surface area contributed by atoms with Crippen LogP contribution < -0.4 is 87.6 Å². The summed E-state index contributed by atoms with van der Waals surface area (Å²) in [5, 5.41) is 31.3. The molecule has 13 amide bonds. The first-order chi connectivity index (χ1) is 62.7. The summed E-state index contributed by atoms with van der Waals surface area (Å²) in [7, 11) is 0. The van der Waals surface area contributed by atoms with Crippen LogP contribution in [-0.2, 0) is 94.4 Å². The lowest BCUT2D eigenvalue weighted by atomic mass is 9.99. The van der Waals surface area contributed by atoms with Gasteiger partial charge in [0.1, 0.15) is 72.5 Å². The van der Waals surface area contributed by atoms with Crippen LogP contribution in [0, 0.1) is 11.8 Å². The van der Waals surface area contributed by atoms with Gasteiger partial charge in [-0.15, -0.1) is 0 Å². The highest BCUT2D eigenvalue weighted by atomic mass is 16.2. The number of H-pyrrole nitrogens is 3. The third-order valence-corrected chi connectivity index (χ3v) is 24.4. The molecule has 2 aliphatic rings. The number of nitrogens with one attached hydrogen (secondary N) is 13. The van der Waals surface area contributed by atoms with Crippen molar-refractivity contribution in [2.24, 2.45) is 46.2 Å². The summed E-state index contributed by atoms with van der Waals surface area (Å²) in [5.41, 5.74) is 40.6. The topological polar surface area (TPSA) is 552 Å². The first kappa shape index (κ1) is 99.8. The summed E-state index contributed by atoms with van der Waals surface area (Å²) in [6.07, 6.45) is 10.3. The first-order valence-corrected chi connectivity index (χ1v) is 45.9. The molecule has 10 rings (SSSR count). The Balaban J connectivity index is 0.933. The molecule has 13 atom stereocenters. The molecule has 0 spiro atoms. The van der Waals surface area contributed by atoms with E-state index in [1.54, 1.807) is 93.1 Å². The second-order valence-corrected chi connectivity index (χ2v) is 35.0. The number of likely N-dealkylation sites (tertiary alicyclic amines) is 2. The van der Waals surface area contributed by atoms with Crippen LogP contribution in [0.15, 0.2) is 152 Å². The summed E-state index contributed by atoms with van der Waals surface area (Å²) in [6.45, 7) is 8.69. The Hall–Kier alpha value is -12.4. The van der Waals surface area contributed by atoms with Crippen molar-refractivity contribution in [1.82, 2.24) is 77.9 Å². The lowest BCUT2D eigenvalue weighted by Gasteiger charge is -2.32. The van der Waals surface area contributed by atoms with Gasteiger partial charge in [0.2, 0.25) is 76.8 Å². The molecule has 0 unspecified atom stereocenters. The standard InChI is InChI=1S/C96H133N21O13/c1-58(2)49-75(88(122)108-72(38-18-22-44-98)85(119)106-71(84(102)118)37-17-21-43-97)110-89(123)76(50-60-27-7-5-8-28-60)112-92(126)81-41-26-48-117(81)96(130)80(54-64-57-105-70-36-16-13-33-67(64)70)115-91(125)77(52-62-55-103-68-34-14-11-31-65(62)68)111-90(124)78(53-63-56-104-69-35-15-12-32-66(63)69)113-93(127)82-42-25-47-116(82)95(129)79(51-61-29-9-6-10-30-61)114-87(121)73(39-19-23-45-99)107-86(120)74(40-20-24-46-100)109-94(128)83(101)59(3)4/h5-16,27-36,55-59,71-83,103-105H,17-26,37-54,97-101H2,1-4H3,(H2,102,118)(H,106,119)(H,107,120)(H,108,122)(H,109,128)(H,110,123)(H,111,124)(H,112,126)(H,113,127)(H,114,121)(H,115,125)/t71-,72-,73-,74-,75-,76-,77-,78-,79-,80-,81-,82-,83-/m0/s1. The Morgan fingerprint density at radius 1 is 0.346 bits per heavy atom.